The maximum absolute atomic E-state index is 12.8. The second-order valence-corrected chi connectivity index (χ2v) is 7.96. The Labute approximate surface area is 168 Å². The fraction of sp³-hybridized carbons (Fsp3) is 0.105. The number of hydrogen-bond donors (Lipinski definition) is 1. The van der Waals surface area contributed by atoms with Crippen LogP contribution in [0.25, 0.3) is 11.6 Å². The van der Waals surface area contributed by atoms with Crippen LogP contribution in [0.15, 0.2) is 28.0 Å². The van der Waals surface area contributed by atoms with E-state index in [4.69, 9.17) is 33.4 Å². The summed E-state index contributed by atoms with van der Waals surface area (Å²) in [5, 5.41) is 3.37. The molecule has 0 fully saturated rings. The number of nitrogens with zero attached hydrogens (tertiary/aromatic N) is 1. The quantitative estimate of drug-likeness (QED) is 0.583. The van der Waals surface area contributed by atoms with Gasteiger partial charge in [-0.25, -0.2) is 4.98 Å². The average molecular weight is 419 g/mol. The summed E-state index contributed by atoms with van der Waals surface area (Å²) in [4.78, 5) is 29.9. The summed E-state index contributed by atoms with van der Waals surface area (Å²) in [6.45, 7) is 1.89. The number of aryl methyl sites for hydroxylation is 1. The van der Waals surface area contributed by atoms with Crippen molar-refractivity contribution in [2.75, 3.05) is 5.73 Å². The van der Waals surface area contributed by atoms with Crippen LogP contribution in [0.1, 0.15) is 49.4 Å². The first-order chi connectivity index (χ1) is 12.8. The molecule has 5 nitrogen and oxygen atoms in total. The maximum atomic E-state index is 12.8. The van der Waals surface area contributed by atoms with Gasteiger partial charge in [0.15, 0.2) is 11.5 Å². The monoisotopic (exact) mass is 418 g/mol. The van der Waals surface area contributed by atoms with Gasteiger partial charge in [0.25, 0.3) is 0 Å². The van der Waals surface area contributed by atoms with E-state index in [0.717, 1.165) is 16.3 Å². The highest BCUT2D eigenvalue weighted by atomic mass is 35.5. The number of Topliss-reactive ketones (excluding diaryl/α,β-unsaturated/α-hetero) is 1. The number of anilines is 1. The van der Waals surface area contributed by atoms with Gasteiger partial charge in [-0.1, -0.05) is 23.2 Å². The molecular weight excluding hydrogens is 407 g/mol. The third kappa shape index (κ3) is 3.10. The molecule has 0 atom stereocenters. The third-order valence-corrected chi connectivity index (χ3v) is 5.56. The fourth-order valence-electron chi connectivity index (χ4n) is 2.96. The van der Waals surface area contributed by atoms with Gasteiger partial charge in [-0.2, -0.15) is 0 Å². The highest BCUT2D eigenvalue weighted by molar-refractivity contribution is 7.09. The lowest BCUT2D eigenvalue weighted by Crippen LogP contribution is -2.10. The summed E-state index contributed by atoms with van der Waals surface area (Å²) in [5.74, 6) is -0.561. The number of thiazole rings is 1. The zero-order valence-corrected chi connectivity index (χ0v) is 16.3. The molecule has 8 heteroatoms. The summed E-state index contributed by atoms with van der Waals surface area (Å²) in [6.07, 6.45) is 1.86. The van der Waals surface area contributed by atoms with Gasteiger partial charge in [-0.15, -0.1) is 11.3 Å². The van der Waals surface area contributed by atoms with Crippen LogP contribution in [0, 0.1) is 6.92 Å². The molecule has 0 spiro atoms. The molecule has 0 unspecified atom stereocenters. The van der Waals surface area contributed by atoms with Crippen LogP contribution < -0.4 is 5.73 Å². The van der Waals surface area contributed by atoms with Gasteiger partial charge in [0.2, 0.25) is 5.78 Å². The van der Waals surface area contributed by atoms with Crippen LogP contribution >= 0.6 is 34.5 Å². The van der Waals surface area contributed by atoms with Crippen LogP contribution in [0.4, 0.5) is 5.69 Å². The summed E-state index contributed by atoms with van der Waals surface area (Å²) in [7, 11) is 0. The Morgan fingerprint density at radius 3 is 2.78 bits per heavy atom. The van der Waals surface area contributed by atoms with E-state index in [0.29, 0.717) is 5.02 Å². The van der Waals surface area contributed by atoms with Crippen molar-refractivity contribution in [3.05, 3.63) is 67.0 Å². The first-order valence-electron chi connectivity index (χ1n) is 7.93. The van der Waals surface area contributed by atoms with Crippen LogP contribution in [0.2, 0.25) is 10.0 Å². The van der Waals surface area contributed by atoms with Crippen LogP contribution in [0.3, 0.4) is 0 Å². The number of carbonyl (C=O) groups is 2. The van der Waals surface area contributed by atoms with Crippen LogP contribution in [-0.2, 0) is 0 Å². The van der Waals surface area contributed by atoms with Gasteiger partial charge in [0, 0.05) is 22.4 Å². The van der Waals surface area contributed by atoms with E-state index in [2.05, 4.69) is 4.98 Å². The number of nitrogen functional groups attached to an aromatic ring is 1. The van der Waals surface area contributed by atoms with Crippen molar-refractivity contribution in [1.82, 2.24) is 4.98 Å². The van der Waals surface area contributed by atoms with E-state index in [9.17, 15) is 9.59 Å². The number of rotatable bonds is 3. The first-order valence-corrected chi connectivity index (χ1v) is 9.57. The van der Waals surface area contributed by atoms with Gasteiger partial charge in [-0.3, -0.25) is 9.59 Å². The van der Waals surface area contributed by atoms with Crippen molar-refractivity contribution in [3.63, 3.8) is 0 Å². The minimum absolute atomic E-state index is 0.0239. The number of hydrogen-bond acceptors (Lipinski definition) is 6. The maximum Gasteiger partial charge on any atom is 0.231 e. The lowest BCUT2D eigenvalue weighted by Gasteiger charge is -2.09. The van der Waals surface area contributed by atoms with Gasteiger partial charge in [0.1, 0.15) is 5.76 Å². The van der Waals surface area contributed by atoms with Crippen LogP contribution in [-0.4, -0.2) is 16.6 Å². The number of halogens is 2. The number of nitrogens with two attached hydrogens (primary N) is 1. The number of carbonyl (C=O) groups excluding carboxylic acids is 2. The van der Waals surface area contributed by atoms with Gasteiger partial charge < -0.3 is 10.2 Å². The number of aromatic nitrogens is 1. The molecule has 1 aliphatic rings. The van der Waals surface area contributed by atoms with Crippen molar-refractivity contribution in [2.24, 2.45) is 0 Å². The van der Waals surface area contributed by atoms with Crippen LogP contribution in [0.5, 0.6) is 0 Å². The summed E-state index contributed by atoms with van der Waals surface area (Å²) >= 11 is 13.5. The normalized spacial score (nSPS) is 13.4. The predicted octanol–water partition coefficient (Wildman–Crippen LogP) is 5.29. The first kappa shape index (κ1) is 18.0. The Morgan fingerprint density at radius 2 is 2.11 bits per heavy atom. The second kappa shape index (κ2) is 6.64. The molecule has 27 heavy (non-hydrogen) atoms. The molecule has 136 valence electrons. The van der Waals surface area contributed by atoms with Gasteiger partial charge in [0.05, 0.1) is 27.0 Å². The topological polar surface area (TPSA) is 86.2 Å². The van der Waals surface area contributed by atoms with Crippen molar-refractivity contribution < 1.29 is 14.0 Å². The van der Waals surface area contributed by atoms with Gasteiger partial charge >= 0.3 is 0 Å². The molecule has 0 amide bonds. The molecule has 2 aromatic heterocycles. The standard InChI is InChI=1S/C19H12Cl2N2O3S/c1-8-23-13(7-27-8)9-4-14(24)16-15(5-9)26-19(17(16)22)18(25)11-3-2-10(20)6-12(11)21/h2-3,5-7H,4,22H2,1H3. The SMILES string of the molecule is Cc1nc(C2=Cc3oc(C(=O)c4ccc(Cl)cc4Cl)c(N)c3C(=O)C2)cs1. The summed E-state index contributed by atoms with van der Waals surface area (Å²) in [5.41, 5.74) is 7.97. The molecule has 0 saturated carbocycles. The highest BCUT2D eigenvalue weighted by Gasteiger charge is 2.31. The average Bonchev–Trinajstić information content (AvgIpc) is 3.18. The molecule has 0 radical (unpaired) electrons. The Kier molecular flexibility index (Phi) is 4.42. The molecule has 0 saturated heterocycles. The molecule has 0 aliphatic heterocycles. The van der Waals surface area contributed by atoms with Gasteiger partial charge in [-0.05, 0) is 36.8 Å². The van der Waals surface area contributed by atoms with Crippen molar-refractivity contribution in [2.45, 2.75) is 13.3 Å². The zero-order chi connectivity index (χ0) is 19.3. The van der Waals surface area contributed by atoms with E-state index in [-0.39, 0.29) is 45.6 Å². The molecule has 2 N–H and O–H groups in total. The minimum atomic E-state index is -0.504. The molecule has 2 heterocycles. The van der Waals surface area contributed by atoms with Crippen molar-refractivity contribution in [1.29, 1.82) is 0 Å². The lowest BCUT2D eigenvalue weighted by atomic mass is 9.93. The largest absolute Gasteiger partial charge is 0.450 e. The number of allylic oxidation sites excluding steroid dienone is 1. The Balaban J connectivity index is 1.79. The number of fused-ring (bicyclic) bond motifs is 1. The highest BCUT2D eigenvalue weighted by Crippen LogP contribution is 2.38. The van der Waals surface area contributed by atoms with E-state index < -0.39 is 5.78 Å². The molecule has 0 bridgehead atoms. The van der Waals surface area contributed by atoms with Crippen molar-refractivity contribution in [3.8, 4) is 0 Å². The molecule has 4 rings (SSSR count). The predicted molar refractivity (Wildman–Crippen MR) is 107 cm³/mol. The summed E-state index contributed by atoms with van der Waals surface area (Å²) < 4.78 is 5.68. The van der Waals surface area contributed by atoms with E-state index in [1.54, 1.807) is 12.1 Å². The molecular formula is C19H12Cl2N2O3S. The summed E-state index contributed by atoms with van der Waals surface area (Å²) in [6, 6.07) is 4.51. The fourth-order valence-corrected chi connectivity index (χ4v) is 4.09. The minimum Gasteiger partial charge on any atom is -0.450 e. The van der Waals surface area contributed by atoms with E-state index in [1.165, 1.54) is 23.5 Å². The Morgan fingerprint density at radius 1 is 1.33 bits per heavy atom. The van der Waals surface area contributed by atoms with E-state index >= 15 is 0 Å². The Hall–Kier alpha value is -2.41. The second-order valence-electron chi connectivity index (χ2n) is 6.06. The molecule has 1 aromatic carbocycles. The smallest absolute Gasteiger partial charge is 0.231 e. The molecule has 3 aromatic rings. The lowest BCUT2D eigenvalue weighted by molar-refractivity contribution is 0.0991. The van der Waals surface area contributed by atoms with Crippen molar-refractivity contribution >= 4 is 63.4 Å². The van der Waals surface area contributed by atoms with E-state index in [1.807, 2.05) is 12.3 Å². The molecule has 1 aliphatic carbocycles. The number of benzene rings is 1. The number of furan rings is 1. The zero-order valence-electron chi connectivity index (χ0n) is 14.0. The Bertz CT molecular complexity index is 1140. The number of ketones is 2. The third-order valence-electron chi connectivity index (χ3n) is 4.24.